The van der Waals surface area contributed by atoms with Gasteiger partial charge in [-0.15, -0.1) is 12.4 Å². The normalized spacial score (nSPS) is 13.7. The Labute approximate surface area is 144 Å². The lowest BCUT2D eigenvalue weighted by atomic mass is 10.0. The number of carbonyl (C=O) groups is 2. The van der Waals surface area contributed by atoms with Crippen LogP contribution in [0.25, 0.3) is 0 Å². The zero-order chi connectivity index (χ0) is 17.0. The Morgan fingerprint density at radius 3 is 2.46 bits per heavy atom. The minimum Gasteiger partial charge on any atom is -0.333 e. The van der Waals surface area contributed by atoms with Gasteiger partial charge in [0, 0.05) is 19.6 Å². The van der Waals surface area contributed by atoms with Crippen molar-refractivity contribution in [2.75, 3.05) is 31.5 Å². The Bertz CT molecular complexity index is 612. The molecule has 9 heteroatoms. The van der Waals surface area contributed by atoms with Crippen LogP contribution in [0, 0.1) is 23.4 Å². The number of hydrogen-bond donors (Lipinski definition) is 2. The molecule has 2 rings (SSSR count). The number of hydrogen-bond acceptors (Lipinski definition) is 3. The Morgan fingerprint density at radius 1 is 1.25 bits per heavy atom. The fraction of sp³-hybridized carbons (Fsp3) is 0.467. The minimum absolute atomic E-state index is 0. The molecule has 0 aliphatic carbocycles. The van der Waals surface area contributed by atoms with Crippen LogP contribution in [-0.4, -0.2) is 42.9 Å². The average Bonchev–Trinajstić information content (AvgIpc) is 2.45. The molecule has 1 aromatic rings. The molecule has 24 heavy (non-hydrogen) atoms. The lowest BCUT2D eigenvalue weighted by molar-refractivity contribution is -0.139. The summed E-state index contributed by atoms with van der Waals surface area (Å²) in [6.07, 6.45) is 0.665. The van der Waals surface area contributed by atoms with Crippen molar-refractivity contribution in [3.8, 4) is 0 Å². The molecule has 1 saturated heterocycles. The molecule has 1 aromatic carbocycles. The van der Waals surface area contributed by atoms with Crippen LogP contribution in [-0.2, 0) is 9.59 Å². The quantitative estimate of drug-likeness (QED) is 0.757. The maximum Gasteiger partial charge on any atom is 0.244 e. The summed E-state index contributed by atoms with van der Waals surface area (Å²) >= 11 is 0. The van der Waals surface area contributed by atoms with E-state index in [-0.39, 0.29) is 30.8 Å². The Balaban J connectivity index is 0.00000288. The summed E-state index contributed by atoms with van der Waals surface area (Å²) < 4.78 is 39.5. The molecule has 5 nitrogen and oxygen atoms in total. The van der Waals surface area contributed by atoms with Crippen LogP contribution in [0.1, 0.15) is 13.3 Å². The van der Waals surface area contributed by atoms with Crippen LogP contribution >= 0.6 is 12.4 Å². The first kappa shape index (κ1) is 20.2. The molecule has 0 bridgehead atoms. The third-order valence-electron chi connectivity index (χ3n) is 3.58. The molecule has 0 aromatic heterocycles. The Kier molecular flexibility index (Phi) is 7.50. The number of carbonyl (C=O) groups excluding carboxylic acids is 2. The Hall–Kier alpha value is -1.80. The van der Waals surface area contributed by atoms with E-state index < -0.39 is 29.0 Å². The van der Waals surface area contributed by atoms with Gasteiger partial charge >= 0.3 is 0 Å². The van der Waals surface area contributed by atoms with Crippen molar-refractivity contribution in [3.05, 3.63) is 29.6 Å². The van der Waals surface area contributed by atoms with Crippen LogP contribution < -0.4 is 10.6 Å². The highest BCUT2D eigenvalue weighted by Gasteiger charge is 2.30. The summed E-state index contributed by atoms with van der Waals surface area (Å²) in [5, 5.41) is 5.14. The van der Waals surface area contributed by atoms with Crippen molar-refractivity contribution < 1.29 is 22.8 Å². The highest BCUT2D eigenvalue weighted by molar-refractivity contribution is 5.95. The highest BCUT2D eigenvalue weighted by Crippen LogP contribution is 2.19. The fourth-order valence-electron chi connectivity index (χ4n) is 2.24. The molecule has 0 radical (unpaired) electrons. The van der Waals surface area contributed by atoms with Gasteiger partial charge in [-0.25, -0.2) is 13.2 Å². The smallest absolute Gasteiger partial charge is 0.244 e. The first-order chi connectivity index (χ1) is 10.9. The van der Waals surface area contributed by atoms with Crippen molar-refractivity contribution in [3.63, 3.8) is 0 Å². The van der Waals surface area contributed by atoms with Crippen LogP contribution in [0.5, 0.6) is 0 Å². The number of benzene rings is 1. The van der Waals surface area contributed by atoms with Crippen LogP contribution in [0.2, 0.25) is 0 Å². The van der Waals surface area contributed by atoms with Gasteiger partial charge in [0.15, 0.2) is 17.5 Å². The summed E-state index contributed by atoms with van der Waals surface area (Å²) in [5.41, 5.74) is -0.455. The van der Waals surface area contributed by atoms with Gasteiger partial charge in [0.05, 0.1) is 18.2 Å². The molecule has 1 aliphatic rings. The van der Waals surface area contributed by atoms with Crippen LogP contribution in [0.3, 0.4) is 0 Å². The van der Waals surface area contributed by atoms with E-state index in [9.17, 15) is 22.8 Å². The molecule has 1 heterocycles. The SMILES string of the molecule is CCCN(CC(=O)Nc1ccc(F)c(F)c1F)C(=O)C1CNC1.Cl. The van der Waals surface area contributed by atoms with Gasteiger partial charge in [-0.3, -0.25) is 9.59 Å². The van der Waals surface area contributed by atoms with Gasteiger partial charge in [0.2, 0.25) is 11.8 Å². The number of halogens is 4. The predicted octanol–water partition coefficient (Wildman–Crippen LogP) is 1.92. The van der Waals surface area contributed by atoms with E-state index in [0.717, 1.165) is 12.1 Å². The summed E-state index contributed by atoms with van der Waals surface area (Å²) in [4.78, 5) is 25.6. The first-order valence-corrected chi connectivity index (χ1v) is 7.36. The predicted molar refractivity (Wildman–Crippen MR) is 85.4 cm³/mol. The third-order valence-corrected chi connectivity index (χ3v) is 3.58. The van der Waals surface area contributed by atoms with Gasteiger partial charge in [-0.1, -0.05) is 6.92 Å². The summed E-state index contributed by atoms with van der Waals surface area (Å²) in [7, 11) is 0. The van der Waals surface area contributed by atoms with E-state index in [4.69, 9.17) is 0 Å². The molecule has 0 spiro atoms. The summed E-state index contributed by atoms with van der Waals surface area (Å²) in [6, 6.07) is 1.66. The maximum absolute atomic E-state index is 13.5. The number of nitrogens with zero attached hydrogens (tertiary/aromatic N) is 1. The maximum atomic E-state index is 13.5. The monoisotopic (exact) mass is 365 g/mol. The highest BCUT2D eigenvalue weighted by atomic mass is 35.5. The van der Waals surface area contributed by atoms with E-state index in [1.807, 2.05) is 6.92 Å². The molecule has 2 N–H and O–H groups in total. The van der Waals surface area contributed by atoms with Gasteiger partial charge in [0.25, 0.3) is 0 Å². The summed E-state index contributed by atoms with van der Waals surface area (Å²) in [5.74, 6) is -5.41. The summed E-state index contributed by atoms with van der Waals surface area (Å²) in [6.45, 7) is 3.13. The third kappa shape index (κ3) is 4.61. The molecule has 1 fully saturated rings. The van der Waals surface area contributed by atoms with Gasteiger partial charge in [-0.2, -0.15) is 0 Å². The molecule has 0 atom stereocenters. The average molecular weight is 366 g/mol. The molecule has 1 aliphatic heterocycles. The van der Waals surface area contributed by atoms with Crippen molar-refractivity contribution >= 4 is 29.9 Å². The zero-order valence-corrected chi connectivity index (χ0v) is 13.9. The lowest BCUT2D eigenvalue weighted by Gasteiger charge is -2.32. The van der Waals surface area contributed by atoms with E-state index in [2.05, 4.69) is 10.6 Å². The molecule has 2 amide bonds. The Morgan fingerprint density at radius 2 is 1.92 bits per heavy atom. The largest absolute Gasteiger partial charge is 0.333 e. The van der Waals surface area contributed by atoms with E-state index in [0.29, 0.717) is 26.1 Å². The van der Waals surface area contributed by atoms with Crippen molar-refractivity contribution in [2.24, 2.45) is 5.92 Å². The second-order valence-electron chi connectivity index (χ2n) is 5.39. The standard InChI is InChI=1S/C15H18F3N3O2.ClH/c1-2-5-21(15(23)9-6-19-7-9)8-12(22)20-11-4-3-10(16)13(17)14(11)18;/h3-4,9,19H,2,5-8H2,1H3,(H,20,22);1H. The first-order valence-electron chi connectivity index (χ1n) is 7.36. The van der Waals surface area contributed by atoms with Crippen molar-refractivity contribution in [1.82, 2.24) is 10.2 Å². The van der Waals surface area contributed by atoms with Crippen molar-refractivity contribution in [2.45, 2.75) is 13.3 Å². The molecular formula is C15H19ClF3N3O2. The van der Waals surface area contributed by atoms with Gasteiger partial charge in [0.1, 0.15) is 0 Å². The lowest BCUT2D eigenvalue weighted by Crippen LogP contribution is -2.53. The number of amides is 2. The second kappa shape index (κ2) is 8.89. The molecule has 0 saturated carbocycles. The topological polar surface area (TPSA) is 61.4 Å². The molecular weight excluding hydrogens is 347 g/mol. The van der Waals surface area contributed by atoms with Gasteiger partial charge < -0.3 is 15.5 Å². The number of anilines is 1. The van der Waals surface area contributed by atoms with Crippen LogP contribution in [0.4, 0.5) is 18.9 Å². The minimum atomic E-state index is -1.65. The van der Waals surface area contributed by atoms with Crippen molar-refractivity contribution in [1.29, 1.82) is 0 Å². The zero-order valence-electron chi connectivity index (χ0n) is 13.1. The number of nitrogens with one attached hydrogen (secondary N) is 2. The molecule has 134 valence electrons. The second-order valence-corrected chi connectivity index (χ2v) is 5.39. The van der Waals surface area contributed by atoms with E-state index >= 15 is 0 Å². The van der Waals surface area contributed by atoms with Crippen LogP contribution in [0.15, 0.2) is 12.1 Å². The van der Waals surface area contributed by atoms with E-state index in [1.165, 1.54) is 4.90 Å². The molecule has 0 unspecified atom stereocenters. The van der Waals surface area contributed by atoms with Gasteiger partial charge in [-0.05, 0) is 18.6 Å². The number of rotatable bonds is 6. The van der Waals surface area contributed by atoms with E-state index in [1.54, 1.807) is 0 Å². The fourth-order valence-corrected chi connectivity index (χ4v) is 2.24.